The minimum absolute atomic E-state index is 0.587. The standard InChI is InChI=1S/C32H31N6/c1-2-21-37-22-11-12-27(24-37)23-32(30-15-5-9-19-35-30,31-16-6-10-20-36-31)38(25-28-13-3-7-17-33-28)26-29-14-4-8-18-34-29/h2-20,22,24H,1,21,23,25-26H2/q+1. The van der Waals surface area contributed by atoms with E-state index >= 15 is 0 Å². The van der Waals surface area contributed by atoms with Gasteiger partial charge in [0.2, 0.25) is 0 Å². The van der Waals surface area contributed by atoms with E-state index in [0.29, 0.717) is 19.5 Å². The molecular formula is C32H31N6+. The lowest BCUT2D eigenvalue weighted by molar-refractivity contribution is -0.687. The third kappa shape index (κ3) is 5.71. The summed E-state index contributed by atoms with van der Waals surface area (Å²) >= 11 is 0. The Morgan fingerprint density at radius 2 is 1.24 bits per heavy atom. The second-order valence-corrected chi connectivity index (χ2v) is 9.16. The van der Waals surface area contributed by atoms with E-state index in [1.165, 1.54) is 0 Å². The minimum Gasteiger partial charge on any atom is -0.275 e. The molecule has 0 aliphatic heterocycles. The zero-order valence-electron chi connectivity index (χ0n) is 21.3. The SMILES string of the molecule is C=CC[n+]1cccc(CC(c2ccccn2)(c2ccccn2)N(Cc2ccccn2)Cc2ccccn2)c1. The van der Waals surface area contributed by atoms with Gasteiger partial charge in [0, 0.05) is 55.9 Å². The van der Waals surface area contributed by atoms with Crippen molar-refractivity contribution >= 4 is 0 Å². The van der Waals surface area contributed by atoms with Gasteiger partial charge in [-0.3, -0.25) is 24.8 Å². The van der Waals surface area contributed by atoms with Gasteiger partial charge >= 0.3 is 0 Å². The van der Waals surface area contributed by atoms with Gasteiger partial charge in [0.05, 0.1) is 22.8 Å². The van der Waals surface area contributed by atoms with Gasteiger partial charge in [-0.15, -0.1) is 0 Å². The van der Waals surface area contributed by atoms with Gasteiger partial charge < -0.3 is 0 Å². The Morgan fingerprint density at radius 3 is 1.71 bits per heavy atom. The second kappa shape index (κ2) is 12.1. The van der Waals surface area contributed by atoms with Crippen LogP contribution < -0.4 is 4.57 Å². The van der Waals surface area contributed by atoms with Crippen LogP contribution in [0.3, 0.4) is 0 Å². The fourth-order valence-electron chi connectivity index (χ4n) is 4.90. The van der Waals surface area contributed by atoms with Crippen molar-refractivity contribution in [2.24, 2.45) is 0 Å². The molecule has 5 heterocycles. The maximum Gasteiger partial charge on any atom is 0.172 e. The molecule has 0 saturated heterocycles. The smallest absolute Gasteiger partial charge is 0.172 e. The minimum atomic E-state index is -0.703. The molecule has 5 rings (SSSR count). The van der Waals surface area contributed by atoms with Gasteiger partial charge in [-0.25, -0.2) is 4.57 Å². The molecule has 0 fully saturated rings. The largest absolute Gasteiger partial charge is 0.275 e. The van der Waals surface area contributed by atoms with E-state index in [-0.39, 0.29) is 0 Å². The molecule has 5 aromatic heterocycles. The Morgan fingerprint density at radius 1 is 0.684 bits per heavy atom. The number of rotatable bonds is 11. The van der Waals surface area contributed by atoms with Crippen LogP contribution in [0.4, 0.5) is 0 Å². The molecule has 38 heavy (non-hydrogen) atoms. The van der Waals surface area contributed by atoms with Crippen molar-refractivity contribution in [3.05, 3.63) is 163 Å². The third-order valence-electron chi connectivity index (χ3n) is 6.59. The van der Waals surface area contributed by atoms with Crippen molar-refractivity contribution in [1.82, 2.24) is 24.8 Å². The molecular weight excluding hydrogens is 468 g/mol. The first-order valence-electron chi connectivity index (χ1n) is 12.7. The van der Waals surface area contributed by atoms with E-state index in [2.05, 4.69) is 74.8 Å². The molecule has 0 spiro atoms. The van der Waals surface area contributed by atoms with Crippen LogP contribution in [0, 0.1) is 0 Å². The van der Waals surface area contributed by atoms with E-state index in [9.17, 15) is 0 Å². The summed E-state index contributed by atoms with van der Waals surface area (Å²) in [7, 11) is 0. The number of nitrogens with zero attached hydrogens (tertiary/aromatic N) is 6. The molecule has 0 atom stereocenters. The summed E-state index contributed by atoms with van der Waals surface area (Å²) in [6.07, 6.45) is 14.2. The van der Waals surface area contributed by atoms with Crippen LogP contribution in [-0.4, -0.2) is 24.8 Å². The summed E-state index contributed by atoms with van der Waals surface area (Å²) in [5.41, 5.74) is 4.24. The van der Waals surface area contributed by atoms with E-state index in [4.69, 9.17) is 9.97 Å². The Bertz CT molecular complexity index is 1350. The van der Waals surface area contributed by atoms with Crippen LogP contribution in [0.5, 0.6) is 0 Å². The van der Waals surface area contributed by atoms with Gasteiger partial charge in [-0.1, -0.05) is 30.8 Å². The molecule has 0 radical (unpaired) electrons. The molecule has 0 aliphatic rings. The topological polar surface area (TPSA) is 58.7 Å². The predicted molar refractivity (Wildman–Crippen MR) is 148 cm³/mol. The van der Waals surface area contributed by atoms with Crippen LogP contribution >= 0.6 is 0 Å². The molecule has 5 aromatic rings. The van der Waals surface area contributed by atoms with Crippen molar-refractivity contribution < 1.29 is 4.57 Å². The van der Waals surface area contributed by atoms with Crippen molar-refractivity contribution in [1.29, 1.82) is 0 Å². The lowest BCUT2D eigenvalue weighted by Crippen LogP contribution is -2.49. The third-order valence-corrected chi connectivity index (χ3v) is 6.59. The van der Waals surface area contributed by atoms with Gasteiger partial charge in [0.15, 0.2) is 18.9 Å². The first-order chi connectivity index (χ1) is 18.8. The normalized spacial score (nSPS) is 11.4. The highest BCUT2D eigenvalue weighted by Gasteiger charge is 2.44. The van der Waals surface area contributed by atoms with E-state index in [0.717, 1.165) is 34.9 Å². The van der Waals surface area contributed by atoms with Crippen molar-refractivity contribution in [3.63, 3.8) is 0 Å². The van der Waals surface area contributed by atoms with Crippen molar-refractivity contribution in [2.75, 3.05) is 0 Å². The van der Waals surface area contributed by atoms with Crippen molar-refractivity contribution in [3.8, 4) is 0 Å². The maximum absolute atomic E-state index is 4.94. The monoisotopic (exact) mass is 499 g/mol. The summed E-state index contributed by atoms with van der Waals surface area (Å²) in [6, 6.07) is 28.5. The fourth-order valence-corrected chi connectivity index (χ4v) is 4.90. The highest BCUT2D eigenvalue weighted by molar-refractivity contribution is 5.34. The van der Waals surface area contributed by atoms with E-state index < -0.39 is 5.54 Å². The van der Waals surface area contributed by atoms with Crippen LogP contribution in [-0.2, 0) is 31.6 Å². The predicted octanol–water partition coefficient (Wildman–Crippen LogP) is 4.93. The number of aromatic nitrogens is 5. The quantitative estimate of drug-likeness (QED) is 0.191. The maximum atomic E-state index is 4.94. The molecule has 0 saturated carbocycles. The van der Waals surface area contributed by atoms with Crippen LogP contribution in [0.2, 0.25) is 0 Å². The second-order valence-electron chi connectivity index (χ2n) is 9.16. The van der Waals surface area contributed by atoms with Gasteiger partial charge in [-0.2, -0.15) is 0 Å². The lowest BCUT2D eigenvalue weighted by Gasteiger charge is -2.43. The lowest BCUT2D eigenvalue weighted by atomic mass is 9.81. The van der Waals surface area contributed by atoms with Crippen molar-refractivity contribution in [2.45, 2.75) is 31.6 Å². The molecule has 0 unspecified atom stereocenters. The summed E-state index contributed by atoms with van der Waals surface area (Å²) < 4.78 is 2.14. The first kappa shape index (κ1) is 25.1. The zero-order chi connectivity index (χ0) is 26.0. The first-order valence-corrected chi connectivity index (χ1v) is 12.7. The van der Waals surface area contributed by atoms with E-state index in [1.807, 2.05) is 79.4 Å². The Kier molecular flexibility index (Phi) is 8.01. The molecule has 188 valence electrons. The molecule has 0 amide bonds. The number of pyridine rings is 5. The average molecular weight is 500 g/mol. The number of allylic oxidation sites excluding steroid dienone is 1. The van der Waals surface area contributed by atoms with Crippen LogP contribution in [0.15, 0.2) is 135 Å². The van der Waals surface area contributed by atoms with Crippen LogP contribution in [0.25, 0.3) is 0 Å². The summed E-state index contributed by atoms with van der Waals surface area (Å²) in [5, 5.41) is 0. The van der Waals surface area contributed by atoms with Gasteiger partial charge in [0.1, 0.15) is 5.54 Å². The molecule has 0 aromatic carbocycles. The average Bonchev–Trinajstić information content (AvgIpc) is 2.98. The molecule has 0 N–H and O–H groups in total. The zero-order valence-corrected chi connectivity index (χ0v) is 21.3. The molecule has 6 heteroatoms. The Hall–Kier alpha value is -4.55. The summed E-state index contributed by atoms with van der Waals surface area (Å²) in [4.78, 5) is 21.7. The van der Waals surface area contributed by atoms with Gasteiger partial charge in [0.25, 0.3) is 0 Å². The Labute approximate surface area is 224 Å². The molecule has 0 bridgehead atoms. The number of hydrogen-bond donors (Lipinski definition) is 0. The summed E-state index contributed by atoms with van der Waals surface area (Å²) in [6.45, 7) is 5.82. The summed E-state index contributed by atoms with van der Waals surface area (Å²) in [5.74, 6) is 0. The van der Waals surface area contributed by atoms with Gasteiger partial charge in [-0.05, 0) is 60.7 Å². The molecule has 6 nitrogen and oxygen atoms in total. The highest BCUT2D eigenvalue weighted by Crippen LogP contribution is 2.39. The fraction of sp³-hybridized carbons (Fsp3) is 0.156. The van der Waals surface area contributed by atoms with E-state index in [1.54, 1.807) is 0 Å². The number of hydrogen-bond acceptors (Lipinski definition) is 5. The highest BCUT2D eigenvalue weighted by atomic mass is 15.2. The molecule has 0 aliphatic carbocycles. The van der Waals surface area contributed by atoms with Crippen LogP contribution in [0.1, 0.15) is 28.3 Å². The Balaban J connectivity index is 1.73.